The number of fused-ring (bicyclic) bond motifs is 1. The van der Waals surface area contributed by atoms with E-state index in [9.17, 15) is 13.2 Å². The summed E-state index contributed by atoms with van der Waals surface area (Å²) in [6.07, 6.45) is 1.81. The van der Waals surface area contributed by atoms with Crippen LogP contribution in [0.25, 0.3) is 0 Å². The van der Waals surface area contributed by atoms with Gasteiger partial charge in [-0.2, -0.15) is 8.42 Å². The maximum Gasteiger partial charge on any atom is 0.264 e. The van der Waals surface area contributed by atoms with E-state index >= 15 is 0 Å². The first-order valence-electron chi connectivity index (χ1n) is 9.17. The van der Waals surface area contributed by atoms with Gasteiger partial charge >= 0.3 is 0 Å². The van der Waals surface area contributed by atoms with Gasteiger partial charge in [-0.3, -0.25) is 8.98 Å². The Bertz CT molecular complexity index is 753. The molecule has 2 fully saturated rings. The van der Waals surface area contributed by atoms with Crippen LogP contribution in [-0.2, 0) is 28.6 Å². The first-order valence-corrected chi connectivity index (χ1v) is 11.0. The zero-order valence-electron chi connectivity index (χ0n) is 15.8. The molecule has 0 bridgehead atoms. The van der Waals surface area contributed by atoms with Gasteiger partial charge in [0.05, 0.1) is 12.4 Å². The quantitative estimate of drug-likeness (QED) is 0.762. The number of carbonyl (C=O) groups excluding carboxylic acids is 1. The fourth-order valence-corrected chi connectivity index (χ4v) is 4.98. The van der Waals surface area contributed by atoms with Crippen molar-refractivity contribution in [2.45, 2.75) is 56.6 Å². The van der Waals surface area contributed by atoms with Gasteiger partial charge in [-0.1, -0.05) is 30.3 Å². The van der Waals surface area contributed by atoms with Gasteiger partial charge in [0.25, 0.3) is 10.1 Å². The number of amides is 1. The average molecular weight is 397 g/mol. The van der Waals surface area contributed by atoms with Crippen LogP contribution in [0.2, 0.25) is 0 Å². The largest absolute Gasteiger partial charge is 0.354 e. The fraction of sp³-hybridized carbons (Fsp3) is 0.632. The topological polar surface area (TPSA) is 90.9 Å². The van der Waals surface area contributed by atoms with E-state index in [2.05, 4.69) is 17.4 Å². The molecule has 6 atom stereocenters. The Morgan fingerprint density at radius 1 is 1.22 bits per heavy atom. The molecule has 0 spiro atoms. The van der Waals surface area contributed by atoms with Crippen molar-refractivity contribution in [3.63, 3.8) is 0 Å². The Kier molecular flexibility index (Phi) is 6.20. The molecule has 2 aliphatic rings. The molecule has 0 radical (unpaired) electrons. The standard InChI is InChI=1S/C19H27NO6S/c1-12(21)20-17-18(26-27(3,22)23)15-11-14(13-7-5-4-6-8-13)9-10-16(15)25-19(17)24-2/h4-8,14-19H,9-11H2,1-3H3,(H,20,21). The molecular weight excluding hydrogens is 370 g/mol. The maximum atomic E-state index is 11.9. The second-order valence-electron chi connectivity index (χ2n) is 7.35. The number of rotatable bonds is 5. The van der Waals surface area contributed by atoms with E-state index in [1.807, 2.05) is 18.2 Å². The van der Waals surface area contributed by atoms with Gasteiger partial charge < -0.3 is 14.8 Å². The molecule has 150 valence electrons. The number of hydrogen-bond donors (Lipinski definition) is 1. The van der Waals surface area contributed by atoms with Crippen LogP contribution in [0.3, 0.4) is 0 Å². The van der Waals surface area contributed by atoms with E-state index in [1.165, 1.54) is 19.6 Å². The third kappa shape index (κ3) is 4.87. The lowest BCUT2D eigenvalue weighted by molar-refractivity contribution is -0.245. The maximum absolute atomic E-state index is 11.9. The zero-order chi connectivity index (χ0) is 19.6. The molecule has 6 unspecified atom stereocenters. The highest BCUT2D eigenvalue weighted by atomic mass is 32.2. The number of hydrogen-bond acceptors (Lipinski definition) is 6. The van der Waals surface area contributed by atoms with Crippen LogP contribution in [-0.4, -0.2) is 52.2 Å². The summed E-state index contributed by atoms with van der Waals surface area (Å²) in [5.74, 6) is -0.165. The Labute approximate surface area is 160 Å². The number of carbonyl (C=O) groups is 1. The van der Waals surface area contributed by atoms with Crippen molar-refractivity contribution >= 4 is 16.0 Å². The average Bonchev–Trinajstić information content (AvgIpc) is 2.62. The second-order valence-corrected chi connectivity index (χ2v) is 8.96. The van der Waals surface area contributed by atoms with Gasteiger partial charge in [-0.25, -0.2) is 0 Å². The molecule has 27 heavy (non-hydrogen) atoms. The monoisotopic (exact) mass is 397 g/mol. The first-order chi connectivity index (χ1) is 12.8. The smallest absolute Gasteiger partial charge is 0.264 e. The number of ether oxygens (including phenoxy) is 2. The molecular formula is C19H27NO6S. The van der Waals surface area contributed by atoms with Crippen LogP contribution in [0.1, 0.15) is 37.7 Å². The SMILES string of the molecule is COC1OC2CCC(c3ccccc3)CC2C(OS(C)(=O)=O)C1NC(C)=O. The summed E-state index contributed by atoms with van der Waals surface area (Å²) in [6, 6.07) is 9.46. The van der Waals surface area contributed by atoms with Gasteiger partial charge in [0, 0.05) is 20.0 Å². The fourth-order valence-electron chi connectivity index (χ4n) is 4.32. The van der Waals surface area contributed by atoms with Crippen LogP contribution in [0.5, 0.6) is 0 Å². The van der Waals surface area contributed by atoms with Crippen molar-refractivity contribution in [2.75, 3.05) is 13.4 Å². The Balaban J connectivity index is 1.90. The summed E-state index contributed by atoms with van der Waals surface area (Å²) in [6.45, 7) is 1.38. The predicted molar refractivity (Wildman–Crippen MR) is 99.5 cm³/mol. The molecule has 1 aliphatic carbocycles. The minimum absolute atomic E-state index is 0.165. The lowest BCUT2D eigenvalue weighted by Crippen LogP contribution is -2.63. The van der Waals surface area contributed by atoms with E-state index in [0.717, 1.165) is 25.5 Å². The third-order valence-corrected chi connectivity index (χ3v) is 5.94. The van der Waals surface area contributed by atoms with Crippen molar-refractivity contribution in [3.8, 4) is 0 Å². The molecule has 1 saturated carbocycles. The molecule has 1 saturated heterocycles. The molecule has 1 aromatic carbocycles. The number of methoxy groups -OCH3 is 1. The molecule has 1 amide bonds. The summed E-state index contributed by atoms with van der Waals surface area (Å²) >= 11 is 0. The number of benzene rings is 1. The lowest BCUT2D eigenvalue weighted by atomic mass is 9.71. The van der Waals surface area contributed by atoms with Gasteiger partial charge in [0.1, 0.15) is 12.1 Å². The summed E-state index contributed by atoms with van der Waals surface area (Å²) in [5.41, 5.74) is 1.22. The van der Waals surface area contributed by atoms with Crippen molar-refractivity contribution in [1.82, 2.24) is 5.32 Å². The molecule has 0 aromatic heterocycles. The predicted octanol–water partition coefficient (Wildman–Crippen LogP) is 1.79. The van der Waals surface area contributed by atoms with Crippen LogP contribution in [0.4, 0.5) is 0 Å². The summed E-state index contributed by atoms with van der Waals surface area (Å²) < 4.78 is 40.8. The summed E-state index contributed by atoms with van der Waals surface area (Å²) in [5, 5.41) is 2.76. The number of nitrogens with one attached hydrogen (secondary N) is 1. The molecule has 8 heteroatoms. The highest BCUT2D eigenvalue weighted by molar-refractivity contribution is 7.86. The van der Waals surface area contributed by atoms with Crippen molar-refractivity contribution in [1.29, 1.82) is 0 Å². The lowest BCUT2D eigenvalue weighted by Gasteiger charge is -2.49. The minimum atomic E-state index is -3.72. The van der Waals surface area contributed by atoms with Crippen LogP contribution in [0, 0.1) is 5.92 Å². The van der Waals surface area contributed by atoms with E-state index in [0.29, 0.717) is 5.92 Å². The molecule has 1 aromatic rings. The van der Waals surface area contributed by atoms with Crippen LogP contribution < -0.4 is 5.32 Å². The van der Waals surface area contributed by atoms with Crippen molar-refractivity contribution in [2.24, 2.45) is 5.92 Å². The highest BCUT2D eigenvalue weighted by Crippen LogP contribution is 2.44. The highest BCUT2D eigenvalue weighted by Gasteiger charge is 2.50. The van der Waals surface area contributed by atoms with E-state index < -0.39 is 28.6 Å². The normalized spacial score (nSPS) is 33.9. The Hall–Kier alpha value is -1.48. The molecule has 1 aliphatic heterocycles. The van der Waals surface area contributed by atoms with Crippen molar-refractivity contribution in [3.05, 3.63) is 35.9 Å². The third-order valence-electron chi connectivity index (χ3n) is 5.37. The second kappa shape index (κ2) is 8.26. The van der Waals surface area contributed by atoms with Crippen molar-refractivity contribution < 1.29 is 26.9 Å². The van der Waals surface area contributed by atoms with Crippen LogP contribution >= 0.6 is 0 Å². The van der Waals surface area contributed by atoms with Gasteiger partial charge in [-0.15, -0.1) is 0 Å². The first kappa shape index (κ1) is 20.3. The van der Waals surface area contributed by atoms with E-state index in [-0.39, 0.29) is 17.9 Å². The minimum Gasteiger partial charge on any atom is -0.354 e. The molecule has 1 N–H and O–H groups in total. The molecule has 7 nitrogen and oxygen atoms in total. The van der Waals surface area contributed by atoms with Crippen LogP contribution in [0.15, 0.2) is 30.3 Å². The molecule has 1 heterocycles. The van der Waals surface area contributed by atoms with Gasteiger partial charge in [0.15, 0.2) is 6.29 Å². The zero-order valence-corrected chi connectivity index (χ0v) is 16.6. The summed E-state index contributed by atoms with van der Waals surface area (Å²) in [7, 11) is -2.24. The molecule has 3 rings (SSSR count). The van der Waals surface area contributed by atoms with Gasteiger partial charge in [0.2, 0.25) is 5.91 Å². The van der Waals surface area contributed by atoms with E-state index in [4.69, 9.17) is 13.7 Å². The van der Waals surface area contributed by atoms with E-state index in [1.54, 1.807) is 0 Å². The Morgan fingerprint density at radius 2 is 1.93 bits per heavy atom. The summed E-state index contributed by atoms with van der Waals surface area (Å²) in [4.78, 5) is 11.7. The Morgan fingerprint density at radius 3 is 2.52 bits per heavy atom. The van der Waals surface area contributed by atoms with Gasteiger partial charge in [-0.05, 0) is 30.7 Å².